The summed E-state index contributed by atoms with van der Waals surface area (Å²) >= 11 is 0. The third-order valence-corrected chi connectivity index (χ3v) is 8.56. The maximum atomic E-state index is 5.21. The van der Waals surface area contributed by atoms with Crippen molar-refractivity contribution in [2.24, 2.45) is 0 Å². The molecule has 7 aromatic rings. The van der Waals surface area contributed by atoms with Gasteiger partial charge >= 0.3 is 0 Å². The highest BCUT2D eigenvalue weighted by Crippen LogP contribution is 2.56. The number of hydrogen-bond donors (Lipinski definition) is 0. The molecule has 0 radical (unpaired) electrons. The van der Waals surface area contributed by atoms with Gasteiger partial charge in [-0.2, -0.15) is 0 Å². The standard InChI is InChI=1S/C39H29N3/c1-39(2)35-30(37-36(39)29-21-12-13-24-34(29)42(37)28-19-10-5-11-20-28)22-14-23-31(35)38-40-32(26-15-6-3-7-16-26)25-33(41-38)27-17-8-4-9-18-27/h3-25H,1-2H3. The first-order valence-corrected chi connectivity index (χ1v) is 14.4. The fraction of sp³-hybridized carbons (Fsp3) is 0.0769. The molecular weight excluding hydrogens is 510 g/mol. The molecule has 0 saturated carbocycles. The van der Waals surface area contributed by atoms with Crippen molar-refractivity contribution in [1.82, 2.24) is 14.5 Å². The van der Waals surface area contributed by atoms with E-state index in [1.54, 1.807) is 0 Å². The average Bonchev–Trinajstić information content (AvgIpc) is 3.52. The van der Waals surface area contributed by atoms with Gasteiger partial charge in [0.15, 0.2) is 5.82 Å². The van der Waals surface area contributed by atoms with E-state index < -0.39 is 0 Å². The number of aromatic nitrogens is 3. The lowest BCUT2D eigenvalue weighted by molar-refractivity contribution is 0.667. The van der Waals surface area contributed by atoms with Crippen LogP contribution in [-0.2, 0) is 5.41 Å². The van der Waals surface area contributed by atoms with Crippen molar-refractivity contribution in [1.29, 1.82) is 0 Å². The lowest BCUT2D eigenvalue weighted by Gasteiger charge is -2.24. The number of fused-ring (bicyclic) bond motifs is 5. The van der Waals surface area contributed by atoms with E-state index in [1.165, 1.54) is 33.3 Å². The van der Waals surface area contributed by atoms with Gasteiger partial charge in [0.2, 0.25) is 0 Å². The fourth-order valence-corrected chi connectivity index (χ4v) is 6.79. The highest BCUT2D eigenvalue weighted by atomic mass is 15.0. The Balaban J connectivity index is 1.42. The Hall–Kier alpha value is -5.28. The van der Waals surface area contributed by atoms with Crippen LogP contribution in [0.5, 0.6) is 0 Å². The molecule has 5 aromatic carbocycles. The van der Waals surface area contributed by atoms with Crippen LogP contribution in [0.4, 0.5) is 0 Å². The third kappa shape index (κ3) is 3.67. The molecule has 3 nitrogen and oxygen atoms in total. The Morgan fingerprint density at radius 3 is 1.71 bits per heavy atom. The van der Waals surface area contributed by atoms with Crippen LogP contribution in [-0.4, -0.2) is 14.5 Å². The molecule has 42 heavy (non-hydrogen) atoms. The van der Waals surface area contributed by atoms with Gasteiger partial charge in [-0.05, 0) is 35.4 Å². The first-order valence-electron chi connectivity index (χ1n) is 14.4. The van der Waals surface area contributed by atoms with E-state index in [2.05, 4.69) is 146 Å². The second-order valence-electron chi connectivity index (χ2n) is 11.5. The maximum absolute atomic E-state index is 5.21. The molecule has 200 valence electrons. The smallest absolute Gasteiger partial charge is 0.160 e. The SMILES string of the molecule is CC1(C)c2c(-c3nc(-c4ccccc4)cc(-c4ccccc4)n3)cccc2-c2c1c1ccccc1n2-c1ccccc1. The zero-order chi connectivity index (χ0) is 28.3. The van der Waals surface area contributed by atoms with Crippen molar-refractivity contribution in [2.75, 3.05) is 0 Å². The quantitative estimate of drug-likeness (QED) is 0.223. The molecule has 0 spiro atoms. The second-order valence-corrected chi connectivity index (χ2v) is 11.5. The molecule has 0 saturated heterocycles. The van der Waals surface area contributed by atoms with Gasteiger partial charge in [-0.15, -0.1) is 0 Å². The predicted molar refractivity (Wildman–Crippen MR) is 173 cm³/mol. The number of nitrogens with zero attached hydrogens (tertiary/aromatic N) is 3. The van der Waals surface area contributed by atoms with Crippen molar-refractivity contribution < 1.29 is 0 Å². The van der Waals surface area contributed by atoms with E-state index >= 15 is 0 Å². The van der Waals surface area contributed by atoms with Crippen LogP contribution in [0.2, 0.25) is 0 Å². The average molecular weight is 540 g/mol. The van der Waals surface area contributed by atoms with Gasteiger partial charge in [-0.3, -0.25) is 0 Å². The Bertz CT molecular complexity index is 2030. The maximum Gasteiger partial charge on any atom is 0.160 e. The van der Waals surface area contributed by atoms with E-state index in [-0.39, 0.29) is 5.41 Å². The lowest BCUT2D eigenvalue weighted by atomic mass is 9.79. The Morgan fingerprint density at radius 1 is 0.524 bits per heavy atom. The normalized spacial score (nSPS) is 13.2. The van der Waals surface area contributed by atoms with Gasteiger partial charge in [0.25, 0.3) is 0 Å². The monoisotopic (exact) mass is 539 g/mol. The lowest BCUT2D eigenvalue weighted by Crippen LogP contribution is -2.17. The number of benzene rings is 5. The second kappa shape index (κ2) is 9.39. The summed E-state index contributed by atoms with van der Waals surface area (Å²) in [4.78, 5) is 10.4. The van der Waals surface area contributed by atoms with E-state index in [0.717, 1.165) is 39.6 Å². The summed E-state index contributed by atoms with van der Waals surface area (Å²) < 4.78 is 2.43. The Morgan fingerprint density at radius 2 is 1.07 bits per heavy atom. The first kappa shape index (κ1) is 24.5. The van der Waals surface area contributed by atoms with Crippen LogP contribution in [0.1, 0.15) is 25.0 Å². The molecule has 0 aliphatic heterocycles. The predicted octanol–water partition coefficient (Wildman–Crippen LogP) is 9.73. The van der Waals surface area contributed by atoms with Gasteiger partial charge in [0.1, 0.15) is 0 Å². The number of hydrogen-bond acceptors (Lipinski definition) is 2. The highest BCUT2D eigenvalue weighted by Gasteiger charge is 2.42. The Labute approximate surface area is 245 Å². The van der Waals surface area contributed by atoms with Crippen LogP contribution in [0, 0.1) is 0 Å². The fourth-order valence-electron chi connectivity index (χ4n) is 6.79. The van der Waals surface area contributed by atoms with Crippen LogP contribution in [0.25, 0.3) is 61.8 Å². The molecule has 0 amide bonds. The minimum atomic E-state index is -0.264. The van der Waals surface area contributed by atoms with Crippen molar-refractivity contribution >= 4 is 10.9 Å². The molecule has 1 aliphatic rings. The van der Waals surface area contributed by atoms with Crippen LogP contribution in [0.15, 0.2) is 140 Å². The summed E-state index contributed by atoms with van der Waals surface area (Å²) in [5.74, 6) is 0.751. The van der Waals surface area contributed by atoms with Crippen LogP contribution >= 0.6 is 0 Å². The minimum Gasteiger partial charge on any atom is -0.309 e. The molecule has 0 unspecified atom stereocenters. The first-order chi connectivity index (χ1) is 20.6. The molecule has 1 aliphatic carbocycles. The molecule has 0 fully saturated rings. The van der Waals surface area contributed by atoms with E-state index in [0.29, 0.717) is 0 Å². The van der Waals surface area contributed by atoms with Gasteiger partial charge in [-0.25, -0.2) is 9.97 Å². The van der Waals surface area contributed by atoms with Gasteiger partial charge in [0.05, 0.1) is 22.6 Å². The largest absolute Gasteiger partial charge is 0.309 e. The minimum absolute atomic E-state index is 0.264. The molecule has 0 bridgehead atoms. The van der Waals surface area contributed by atoms with Crippen molar-refractivity contribution in [3.8, 4) is 50.8 Å². The van der Waals surface area contributed by atoms with Gasteiger partial charge < -0.3 is 4.57 Å². The summed E-state index contributed by atoms with van der Waals surface area (Å²) in [5.41, 5.74) is 12.3. The molecular formula is C39H29N3. The van der Waals surface area contributed by atoms with Crippen molar-refractivity contribution in [2.45, 2.75) is 19.3 Å². The third-order valence-electron chi connectivity index (χ3n) is 8.56. The van der Waals surface area contributed by atoms with Crippen LogP contribution < -0.4 is 0 Å². The van der Waals surface area contributed by atoms with E-state index in [4.69, 9.17) is 9.97 Å². The van der Waals surface area contributed by atoms with E-state index in [1.807, 2.05) is 12.1 Å². The summed E-state index contributed by atoms with van der Waals surface area (Å²) in [7, 11) is 0. The zero-order valence-corrected chi connectivity index (χ0v) is 23.6. The summed E-state index contributed by atoms with van der Waals surface area (Å²) in [5, 5.41) is 1.28. The zero-order valence-electron chi connectivity index (χ0n) is 23.6. The molecule has 2 aromatic heterocycles. The highest BCUT2D eigenvalue weighted by molar-refractivity contribution is 6.01. The number of rotatable bonds is 4. The summed E-state index contributed by atoms with van der Waals surface area (Å²) in [6.45, 7) is 4.70. The van der Waals surface area contributed by atoms with Gasteiger partial charge in [0, 0.05) is 38.7 Å². The molecule has 3 heteroatoms. The molecule has 0 N–H and O–H groups in total. The molecule has 0 atom stereocenters. The number of para-hydroxylation sites is 2. The molecule has 8 rings (SSSR count). The van der Waals surface area contributed by atoms with Crippen molar-refractivity contribution in [3.63, 3.8) is 0 Å². The summed E-state index contributed by atoms with van der Waals surface area (Å²) in [6.07, 6.45) is 0. The topological polar surface area (TPSA) is 30.7 Å². The van der Waals surface area contributed by atoms with E-state index in [9.17, 15) is 0 Å². The summed E-state index contributed by atoms with van der Waals surface area (Å²) in [6, 6.07) is 49.0. The van der Waals surface area contributed by atoms with Gasteiger partial charge in [-0.1, -0.05) is 129 Å². The molecule has 2 heterocycles. The van der Waals surface area contributed by atoms with Crippen molar-refractivity contribution in [3.05, 3.63) is 151 Å². The van der Waals surface area contributed by atoms with Crippen LogP contribution in [0.3, 0.4) is 0 Å². The Kier molecular flexibility index (Phi) is 5.48.